The first-order valence-electron chi connectivity index (χ1n) is 7.21. The van der Waals surface area contributed by atoms with Gasteiger partial charge in [0, 0.05) is 19.3 Å². The maximum Gasteiger partial charge on any atom is 0.260 e. The van der Waals surface area contributed by atoms with Gasteiger partial charge in [0.25, 0.3) is 11.5 Å². The van der Waals surface area contributed by atoms with Gasteiger partial charge in [-0.1, -0.05) is 18.2 Å². The third-order valence-electron chi connectivity index (χ3n) is 3.28. The molecule has 0 unspecified atom stereocenters. The van der Waals surface area contributed by atoms with Crippen LogP contribution < -0.4 is 10.3 Å². The Hall–Kier alpha value is -2.56. The summed E-state index contributed by atoms with van der Waals surface area (Å²) in [5.41, 5.74) is 0.551. The van der Waals surface area contributed by atoms with Gasteiger partial charge in [-0.25, -0.2) is 0 Å². The van der Waals surface area contributed by atoms with E-state index in [2.05, 4.69) is 4.98 Å². The normalized spacial score (nSPS) is 10.3. The number of benzene rings is 1. The quantitative estimate of drug-likeness (QED) is 0.832. The lowest BCUT2D eigenvalue weighted by atomic mass is 10.2. The van der Waals surface area contributed by atoms with Crippen molar-refractivity contribution >= 4 is 5.91 Å². The topological polar surface area (TPSA) is 62.4 Å². The lowest BCUT2D eigenvalue weighted by Crippen LogP contribution is -2.33. The van der Waals surface area contributed by atoms with Crippen molar-refractivity contribution in [3.05, 3.63) is 64.1 Å². The highest BCUT2D eigenvalue weighted by atomic mass is 16.5. The Morgan fingerprint density at radius 1 is 1.18 bits per heavy atom. The van der Waals surface area contributed by atoms with Crippen LogP contribution in [-0.4, -0.2) is 36.0 Å². The second-order valence-corrected chi connectivity index (χ2v) is 5.13. The summed E-state index contributed by atoms with van der Waals surface area (Å²) in [5, 5.41) is 0. The van der Waals surface area contributed by atoms with Crippen molar-refractivity contribution in [3.8, 4) is 5.75 Å². The van der Waals surface area contributed by atoms with Crippen LogP contribution in [0.4, 0.5) is 0 Å². The summed E-state index contributed by atoms with van der Waals surface area (Å²) in [6.07, 6.45) is 0.695. The molecule has 1 aromatic heterocycles. The molecule has 0 aliphatic rings. The zero-order valence-corrected chi connectivity index (χ0v) is 12.8. The molecule has 22 heavy (non-hydrogen) atoms. The Morgan fingerprint density at radius 3 is 2.59 bits per heavy atom. The van der Waals surface area contributed by atoms with Crippen LogP contribution in [0.2, 0.25) is 0 Å². The van der Waals surface area contributed by atoms with Gasteiger partial charge in [-0.2, -0.15) is 0 Å². The highest BCUT2D eigenvalue weighted by molar-refractivity contribution is 5.93. The number of aromatic amines is 1. The van der Waals surface area contributed by atoms with Crippen LogP contribution in [0.5, 0.6) is 5.75 Å². The molecule has 0 spiro atoms. The zero-order valence-electron chi connectivity index (χ0n) is 12.8. The van der Waals surface area contributed by atoms with Gasteiger partial charge in [0.15, 0.2) is 0 Å². The number of nitrogens with zero attached hydrogens (tertiary/aromatic N) is 1. The predicted octanol–water partition coefficient (Wildman–Crippen LogP) is 2.22. The average Bonchev–Trinajstić information content (AvgIpc) is 2.52. The summed E-state index contributed by atoms with van der Waals surface area (Å²) in [6, 6.07) is 12.8. The summed E-state index contributed by atoms with van der Waals surface area (Å²) in [5.74, 6) is 0.535. The van der Waals surface area contributed by atoms with Gasteiger partial charge < -0.3 is 14.6 Å². The standard InChI is InChI=1S/C17H20N2O3/c1-13-9-10-15(16(20)18-13)17(21)19(2)11-6-12-22-14-7-4-3-5-8-14/h3-5,7-10H,6,11-12H2,1-2H3,(H,18,20). The van der Waals surface area contributed by atoms with Gasteiger partial charge >= 0.3 is 0 Å². The molecule has 1 N–H and O–H groups in total. The number of rotatable bonds is 6. The number of nitrogens with one attached hydrogen (secondary N) is 1. The molecule has 2 aromatic rings. The Morgan fingerprint density at radius 2 is 1.91 bits per heavy atom. The number of pyridine rings is 1. The van der Waals surface area contributed by atoms with Crippen LogP contribution in [0, 0.1) is 6.92 Å². The molecule has 1 heterocycles. The first-order valence-corrected chi connectivity index (χ1v) is 7.21. The highest BCUT2D eigenvalue weighted by Gasteiger charge is 2.14. The van der Waals surface area contributed by atoms with Gasteiger partial charge in [0.1, 0.15) is 11.3 Å². The van der Waals surface area contributed by atoms with Gasteiger partial charge in [-0.15, -0.1) is 0 Å². The molecule has 0 saturated carbocycles. The maximum atomic E-state index is 12.2. The molecule has 116 valence electrons. The molecule has 2 rings (SSSR count). The van der Waals surface area contributed by atoms with E-state index in [9.17, 15) is 9.59 Å². The third kappa shape index (κ3) is 4.22. The van der Waals surface area contributed by atoms with Crippen LogP contribution in [0.25, 0.3) is 0 Å². The van der Waals surface area contributed by atoms with Crippen LogP contribution in [-0.2, 0) is 0 Å². The van der Waals surface area contributed by atoms with Crippen LogP contribution in [0.1, 0.15) is 22.5 Å². The Labute approximate surface area is 129 Å². The number of aryl methyl sites for hydroxylation is 1. The maximum absolute atomic E-state index is 12.2. The van der Waals surface area contributed by atoms with Crippen molar-refractivity contribution in [1.29, 1.82) is 0 Å². The van der Waals surface area contributed by atoms with E-state index in [-0.39, 0.29) is 17.0 Å². The molecule has 0 atom stereocenters. The second kappa shape index (κ2) is 7.45. The van der Waals surface area contributed by atoms with Gasteiger partial charge in [0.05, 0.1) is 6.61 Å². The lowest BCUT2D eigenvalue weighted by Gasteiger charge is -2.17. The van der Waals surface area contributed by atoms with Crippen LogP contribution >= 0.6 is 0 Å². The number of carbonyl (C=O) groups is 1. The number of carbonyl (C=O) groups excluding carboxylic acids is 1. The first-order chi connectivity index (χ1) is 10.6. The molecular weight excluding hydrogens is 280 g/mol. The van der Waals surface area contributed by atoms with E-state index < -0.39 is 0 Å². The van der Waals surface area contributed by atoms with Crippen molar-refractivity contribution in [2.75, 3.05) is 20.2 Å². The summed E-state index contributed by atoms with van der Waals surface area (Å²) in [4.78, 5) is 28.2. The van der Waals surface area contributed by atoms with Gasteiger partial charge in [-0.3, -0.25) is 9.59 Å². The van der Waals surface area contributed by atoms with Gasteiger partial charge in [-0.05, 0) is 37.6 Å². The molecule has 5 nitrogen and oxygen atoms in total. The number of amides is 1. The molecule has 1 aromatic carbocycles. The third-order valence-corrected chi connectivity index (χ3v) is 3.28. The molecular formula is C17H20N2O3. The molecule has 0 fully saturated rings. The van der Waals surface area contributed by atoms with Crippen molar-refractivity contribution in [1.82, 2.24) is 9.88 Å². The smallest absolute Gasteiger partial charge is 0.260 e. The van der Waals surface area contributed by atoms with Crippen LogP contribution in [0.15, 0.2) is 47.3 Å². The molecule has 5 heteroatoms. The summed E-state index contributed by atoms with van der Waals surface area (Å²) in [7, 11) is 1.68. The molecule has 0 saturated heterocycles. The van der Waals surface area contributed by atoms with E-state index in [1.807, 2.05) is 30.3 Å². The molecule has 0 aliphatic carbocycles. The fourth-order valence-corrected chi connectivity index (χ4v) is 2.06. The van der Waals surface area contributed by atoms with Crippen molar-refractivity contribution in [3.63, 3.8) is 0 Å². The number of hydrogen-bond donors (Lipinski definition) is 1. The predicted molar refractivity (Wildman–Crippen MR) is 85.3 cm³/mol. The van der Waals surface area contributed by atoms with E-state index in [0.717, 1.165) is 11.4 Å². The average molecular weight is 300 g/mol. The highest BCUT2D eigenvalue weighted by Crippen LogP contribution is 2.08. The molecule has 0 radical (unpaired) electrons. The first kappa shape index (κ1) is 15.8. The Balaban J connectivity index is 1.83. The van der Waals surface area contributed by atoms with Crippen molar-refractivity contribution in [2.24, 2.45) is 0 Å². The van der Waals surface area contributed by atoms with E-state index in [1.54, 1.807) is 26.1 Å². The van der Waals surface area contributed by atoms with E-state index in [1.165, 1.54) is 4.90 Å². The number of aromatic nitrogens is 1. The minimum absolute atomic E-state index is 0.164. The summed E-state index contributed by atoms with van der Waals surface area (Å²) >= 11 is 0. The molecule has 0 aliphatic heterocycles. The monoisotopic (exact) mass is 300 g/mol. The Bertz CT molecular complexity index is 680. The minimum atomic E-state index is -0.350. The molecule has 0 bridgehead atoms. The number of ether oxygens (including phenoxy) is 1. The van der Waals surface area contributed by atoms with Gasteiger partial charge in [0.2, 0.25) is 0 Å². The van der Waals surface area contributed by atoms with Crippen molar-refractivity contribution < 1.29 is 9.53 Å². The van der Waals surface area contributed by atoms with E-state index in [0.29, 0.717) is 19.6 Å². The Kier molecular flexibility index (Phi) is 5.36. The number of H-pyrrole nitrogens is 1. The molecule has 1 amide bonds. The number of para-hydroxylation sites is 1. The zero-order chi connectivity index (χ0) is 15.9. The number of hydrogen-bond acceptors (Lipinski definition) is 3. The summed E-state index contributed by atoms with van der Waals surface area (Å²) in [6.45, 7) is 2.82. The van der Waals surface area contributed by atoms with Crippen molar-refractivity contribution in [2.45, 2.75) is 13.3 Å². The SMILES string of the molecule is Cc1ccc(C(=O)N(C)CCCOc2ccccc2)c(=O)[nH]1. The van der Waals surface area contributed by atoms with E-state index >= 15 is 0 Å². The fraction of sp³-hybridized carbons (Fsp3) is 0.294. The minimum Gasteiger partial charge on any atom is -0.494 e. The van der Waals surface area contributed by atoms with Crippen LogP contribution in [0.3, 0.4) is 0 Å². The fourth-order valence-electron chi connectivity index (χ4n) is 2.06. The lowest BCUT2D eigenvalue weighted by molar-refractivity contribution is 0.0786. The van der Waals surface area contributed by atoms with E-state index in [4.69, 9.17) is 4.74 Å². The summed E-state index contributed by atoms with van der Waals surface area (Å²) < 4.78 is 5.58. The largest absolute Gasteiger partial charge is 0.494 e. The second-order valence-electron chi connectivity index (χ2n) is 5.13.